The zero-order chi connectivity index (χ0) is 15.8. The average molecular weight is 307 g/mol. The van der Waals surface area contributed by atoms with Gasteiger partial charge in [-0.1, -0.05) is 24.3 Å². The van der Waals surface area contributed by atoms with Crippen molar-refractivity contribution in [2.45, 2.75) is 6.42 Å². The van der Waals surface area contributed by atoms with E-state index in [0.717, 1.165) is 4.88 Å². The zero-order valence-corrected chi connectivity index (χ0v) is 12.6. The highest BCUT2D eigenvalue weighted by molar-refractivity contribution is 7.10. The third kappa shape index (κ3) is 3.82. The number of nitriles is 2. The van der Waals surface area contributed by atoms with Crippen LogP contribution in [0.25, 0.3) is 6.08 Å². The average Bonchev–Trinajstić information content (AvgIpc) is 3.07. The molecule has 0 spiro atoms. The smallest absolute Gasteiger partial charge is 0.269 e. The number of carbonyl (C=O) groups excluding carboxylic acids is 1. The molecule has 2 aromatic rings. The van der Waals surface area contributed by atoms with E-state index < -0.39 is 5.91 Å². The fourth-order valence-corrected chi connectivity index (χ4v) is 2.58. The Balaban J connectivity index is 2.32. The molecule has 0 bridgehead atoms. The van der Waals surface area contributed by atoms with E-state index in [9.17, 15) is 10.1 Å². The van der Waals surface area contributed by atoms with E-state index in [0.29, 0.717) is 5.69 Å². The fraction of sp³-hybridized carbons (Fsp3) is 0.118. The number of thiophene rings is 1. The third-order valence-corrected chi connectivity index (χ3v) is 3.76. The monoisotopic (exact) mass is 307 g/mol. The van der Waals surface area contributed by atoms with Crippen LogP contribution in [0, 0.1) is 22.7 Å². The summed E-state index contributed by atoms with van der Waals surface area (Å²) in [6.07, 6.45) is 1.79. The third-order valence-electron chi connectivity index (χ3n) is 2.94. The lowest BCUT2D eigenvalue weighted by Crippen LogP contribution is -2.32. The van der Waals surface area contributed by atoms with Gasteiger partial charge in [-0.05, 0) is 29.7 Å². The van der Waals surface area contributed by atoms with Gasteiger partial charge in [-0.25, -0.2) is 0 Å². The molecule has 1 heterocycles. The van der Waals surface area contributed by atoms with Crippen LogP contribution in [0.5, 0.6) is 0 Å². The molecule has 0 saturated heterocycles. The normalized spacial score (nSPS) is 10.5. The van der Waals surface area contributed by atoms with Gasteiger partial charge in [0.05, 0.1) is 12.5 Å². The number of anilines is 1. The van der Waals surface area contributed by atoms with E-state index >= 15 is 0 Å². The Morgan fingerprint density at radius 3 is 2.55 bits per heavy atom. The predicted octanol–water partition coefficient (Wildman–Crippen LogP) is 3.60. The number of amides is 1. The molecule has 0 unspecified atom stereocenters. The van der Waals surface area contributed by atoms with Crippen molar-refractivity contribution in [1.82, 2.24) is 0 Å². The summed E-state index contributed by atoms with van der Waals surface area (Å²) in [6.45, 7) is 0.253. The van der Waals surface area contributed by atoms with Gasteiger partial charge in [-0.15, -0.1) is 11.3 Å². The van der Waals surface area contributed by atoms with Crippen molar-refractivity contribution in [1.29, 1.82) is 10.5 Å². The lowest BCUT2D eigenvalue weighted by atomic mass is 10.2. The molecule has 0 aliphatic heterocycles. The van der Waals surface area contributed by atoms with Gasteiger partial charge in [0, 0.05) is 17.1 Å². The molecular formula is C17H13N3OS. The summed E-state index contributed by atoms with van der Waals surface area (Å²) >= 11 is 1.46. The molecule has 0 atom stereocenters. The second-order valence-electron chi connectivity index (χ2n) is 4.39. The Hall–Kier alpha value is -2.89. The number of nitrogens with zero attached hydrogens (tertiary/aromatic N) is 3. The van der Waals surface area contributed by atoms with Crippen molar-refractivity contribution in [3.63, 3.8) is 0 Å². The minimum Gasteiger partial charge on any atom is -0.307 e. The standard InChI is InChI=1S/C17H13N3OS/c18-9-5-10-20(15-6-2-1-3-7-15)17(21)14(13-19)12-16-8-4-11-22-16/h1-4,6-8,11-12H,5,10H2. The largest absolute Gasteiger partial charge is 0.307 e. The van der Waals surface area contributed by atoms with E-state index in [1.807, 2.05) is 47.9 Å². The highest BCUT2D eigenvalue weighted by atomic mass is 32.1. The number of carbonyl (C=O) groups is 1. The van der Waals surface area contributed by atoms with E-state index in [1.165, 1.54) is 16.2 Å². The molecule has 0 fully saturated rings. The first-order valence-electron chi connectivity index (χ1n) is 6.65. The van der Waals surface area contributed by atoms with Crippen molar-refractivity contribution in [2.24, 2.45) is 0 Å². The Kier molecular flexibility index (Phi) is 5.48. The molecule has 0 aliphatic rings. The second-order valence-corrected chi connectivity index (χ2v) is 5.36. The van der Waals surface area contributed by atoms with Gasteiger partial charge in [0.1, 0.15) is 11.6 Å². The van der Waals surface area contributed by atoms with Gasteiger partial charge in [-0.3, -0.25) is 4.79 Å². The molecule has 5 heteroatoms. The van der Waals surface area contributed by atoms with E-state index in [-0.39, 0.29) is 18.5 Å². The summed E-state index contributed by atoms with van der Waals surface area (Å²) < 4.78 is 0. The molecule has 1 aromatic carbocycles. The molecule has 1 aromatic heterocycles. The molecule has 2 rings (SSSR count). The minimum atomic E-state index is -0.391. The fourth-order valence-electron chi connectivity index (χ4n) is 1.92. The van der Waals surface area contributed by atoms with Crippen molar-refractivity contribution >= 4 is 29.0 Å². The van der Waals surface area contributed by atoms with Crippen LogP contribution < -0.4 is 4.90 Å². The van der Waals surface area contributed by atoms with E-state index in [4.69, 9.17) is 5.26 Å². The highest BCUT2D eigenvalue weighted by Crippen LogP contribution is 2.19. The molecule has 4 nitrogen and oxygen atoms in total. The van der Waals surface area contributed by atoms with Gasteiger partial charge in [0.2, 0.25) is 0 Å². The molecule has 0 N–H and O–H groups in total. The highest BCUT2D eigenvalue weighted by Gasteiger charge is 2.19. The first-order chi connectivity index (χ1) is 10.8. The van der Waals surface area contributed by atoms with Gasteiger partial charge in [0.15, 0.2) is 0 Å². The van der Waals surface area contributed by atoms with Crippen LogP contribution in [0.4, 0.5) is 5.69 Å². The van der Waals surface area contributed by atoms with Crippen LogP contribution in [0.1, 0.15) is 11.3 Å². The summed E-state index contributed by atoms with van der Waals surface area (Å²) in [6, 6.07) is 16.8. The summed E-state index contributed by atoms with van der Waals surface area (Å²) in [4.78, 5) is 14.9. The second kappa shape index (κ2) is 7.78. The summed E-state index contributed by atoms with van der Waals surface area (Å²) in [5.41, 5.74) is 0.735. The lowest BCUT2D eigenvalue weighted by Gasteiger charge is -2.21. The quantitative estimate of drug-likeness (QED) is 0.626. The van der Waals surface area contributed by atoms with Crippen LogP contribution in [0.15, 0.2) is 53.4 Å². The Morgan fingerprint density at radius 1 is 1.18 bits per heavy atom. The van der Waals surface area contributed by atoms with Crippen LogP contribution in [-0.4, -0.2) is 12.5 Å². The van der Waals surface area contributed by atoms with Crippen molar-refractivity contribution in [3.05, 3.63) is 58.3 Å². The van der Waals surface area contributed by atoms with E-state index in [2.05, 4.69) is 0 Å². The predicted molar refractivity (Wildman–Crippen MR) is 86.9 cm³/mol. The van der Waals surface area contributed by atoms with Gasteiger partial charge >= 0.3 is 0 Å². The summed E-state index contributed by atoms with van der Waals surface area (Å²) in [5, 5.41) is 20.0. The van der Waals surface area contributed by atoms with Gasteiger partial charge < -0.3 is 4.90 Å². The molecule has 0 aliphatic carbocycles. The molecule has 1 amide bonds. The lowest BCUT2D eigenvalue weighted by molar-refractivity contribution is -0.114. The zero-order valence-electron chi connectivity index (χ0n) is 11.8. The number of hydrogen-bond acceptors (Lipinski definition) is 4. The first-order valence-corrected chi connectivity index (χ1v) is 7.53. The maximum atomic E-state index is 12.6. The molecule has 22 heavy (non-hydrogen) atoms. The first kappa shape index (κ1) is 15.5. The minimum absolute atomic E-state index is 0.0595. The summed E-state index contributed by atoms with van der Waals surface area (Å²) in [5.74, 6) is -0.391. The molecule has 0 saturated carbocycles. The number of hydrogen-bond donors (Lipinski definition) is 0. The molecule has 108 valence electrons. The van der Waals surface area contributed by atoms with E-state index in [1.54, 1.807) is 18.2 Å². The van der Waals surface area contributed by atoms with Crippen molar-refractivity contribution in [3.8, 4) is 12.1 Å². The number of para-hydroxylation sites is 1. The van der Waals surface area contributed by atoms with Crippen LogP contribution in [0.3, 0.4) is 0 Å². The van der Waals surface area contributed by atoms with Crippen LogP contribution in [-0.2, 0) is 4.79 Å². The van der Waals surface area contributed by atoms with Crippen LogP contribution >= 0.6 is 11.3 Å². The maximum absolute atomic E-state index is 12.6. The topological polar surface area (TPSA) is 67.9 Å². The summed E-state index contributed by atoms with van der Waals surface area (Å²) in [7, 11) is 0. The van der Waals surface area contributed by atoms with Crippen molar-refractivity contribution < 1.29 is 4.79 Å². The Labute approximate surface area is 133 Å². The SMILES string of the molecule is N#CCCN(C(=O)C(C#N)=Cc1cccs1)c1ccccc1. The molecule has 0 radical (unpaired) electrons. The Morgan fingerprint density at radius 2 is 1.95 bits per heavy atom. The Bertz CT molecular complexity index is 736. The maximum Gasteiger partial charge on any atom is 0.269 e. The van der Waals surface area contributed by atoms with Gasteiger partial charge in [-0.2, -0.15) is 10.5 Å². The number of rotatable bonds is 5. The number of benzene rings is 1. The molecular weight excluding hydrogens is 294 g/mol. The van der Waals surface area contributed by atoms with Gasteiger partial charge in [0.25, 0.3) is 5.91 Å². The van der Waals surface area contributed by atoms with Crippen molar-refractivity contribution in [2.75, 3.05) is 11.4 Å². The van der Waals surface area contributed by atoms with Crippen LogP contribution in [0.2, 0.25) is 0 Å².